The average Bonchev–Trinajstić information content (AvgIpc) is 2.99. The topological polar surface area (TPSA) is 39.3 Å². The van der Waals surface area contributed by atoms with Crippen LogP contribution in [-0.2, 0) is 6.42 Å². The Labute approximate surface area is 173 Å². The fourth-order valence-corrected chi connectivity index (χ4v) is 6.82. The van der Waals surface area contributed by atoms with E-state index in [1.165, 1.54) is 27.7 Å². The zero-order valence-corrected chi connectivity index (χ0v) is 17.7. The number of nitrogens with one attached hydrogen (secondary N) is 1. The molecule has 3 fully saturated rings. The summed E-state index contributed by atoms with van der Waals surface area (Å²) in [5, 5.41) is 11.2. The Morgan fingerprint density at radius 2 is 1.82 bits per heavy atom. The van der Waals surface area contributed by atoms with Crippen LogP contribution in [0.15, 0.2) is 53.0 Å². The number of aliphatic hydroxyl groups excluding tert-OH is 1. The molecule has 3 aliphatic carbocycles. The minimum atomic E-state index is 0.213. The third kappa shape index (κ3) is 2.17. The molecule has 7 rings (SSSR count). The molecule has 4 aliphatic rings. The molecule has 0 saturated heterocycles. The molecule has 2 aromatic carbocycles. The summed E-state index contributed by atoms with van der Waals surface area (Å²) in [6.07, 6.45) is 4.51. The van der Waals surface area contributed by atoms with Gasteiger partial charge < -0.3 is 10.1 Å². The van der Waals surface area contributed by atoms with Gasteiger partial charge in [-0.3, -0.25) is 4.90 Å². The lowest BCUT2D eigenvalue weighted by atomic mass is 9.38. The van der Waals surface area contributed by atoms with Gasteiger partial charge in [0, 0.05) is 39.3 Å². The Hall–Kier alpha value is -1.62. The fraction of sp³-hybridized carbons (Fsp3) is 0.417. The highest BCUT2D eigenvalue weighted by Gasteiger charge is 2.71. The zero-order chi connectivity index (χ0) is 19.1. The van der Waals surface area contributed by atoms with E-state index in [4.69, 9.17) is 0 Å². The third-order valence-corrected chi connectivity index (χ3v) is 8.08. The largest absolute Gasteiger partial charge is 0.396 e. The van der Waals surface area contributed by atoms with Crippen LogP contribution in [0.25, 0.3) is 10.9 Å². The van der Waals surface area contributed by atoms with E-state index >= 15 is 0 Å². The lowest BCUT2D eigenvalue weighted by Gasteiger charge is -2.76. The van der Waals surface area contributed by atoms with Gasteiger partial charge in [0.1, 0.15) is 0 Å². The summed E-state index contributed by atoms with van der Waals surface area (Å²) in [7, 11) is 0. The predicted octanol–water partition coefficient (Wildman–Crippen LogP) is 5.18. The first-order valence-electron chi connectivity index (χ1n) is 10.3. The van der Waals surface area contributed by atoms with Crippen molar-refractivity contribution < 1.29 is 5.11 Å². The average molecular weight is 437 g/mol. The van der Waals surface area contributed by atoms with Crippen molar-refractivity contribution in [2.75, 3.05) is 6.61 Å². The van der Waals surface area contributed by atoms with Crippen LogP contribution in [0.2, 0.25) is 0 Å². The number of aromatic nitrogens is 1. The van der Waals surface area contributed by atoms with E-state index < -0.39 is 0 Å². The molecule has 0 amide bonds. The predicted molar refractivity (Wildman–Crippen MR) is 115 cm³/mol. The van der Waals surface area contributed by atoms with Gasteiger partial charge in [0.2, 0.25) is 0 Å². The number of para-hydroxylation sites is 1. The van der Waals surface area contributed by atoms with Gasteiger partial charge in [-0.2, -0.15) is 0 Å². The second-order valence-electron chi connectivity index (χ2n) is 9.39. The monoisotopic (exact) mass is 436 g/mol. The number of benzene rings is 2. The van der Waals surface area contributed by atoms with Gasteiger partial charge >= 0.3 is 0 Å². The molecule has 1 aromatic heterocycles. The van der Waals surface area contributed by atoms with Gasteiger partial charge in [-0.25, -0.2) is 0 Å². The van der Waals surface area contributed by atoms with Crippen molar-refractivity contribution >= 4 is 26.8 Å². The highest BCUT2D eigenvalue weighted by Crippen LogP contribution is 2.71. The molecule has 3 aromatic rings. The zero-order valence-electron chi connectivity index (χ0n) is 16.1. The summed E-state index contributed by atoms with van der Waals surface area (Å²) in [6.45, 7) is 2.74. The summed E-state index contributed by atoms with van der Waals surface area (Å²) in [5.41, 5.74) is 5.91. The van der Waals surface area contributed by atoms with Gasteiger partial charge in [0.25, 0.3) is 0 Å². The van der Waals surface area contributed by atoms with E-state index in [9.17, 15) is 5.11 Å². The lowest BCUT2D eigenvalue weighted by Crippen LogP contribution is -2.77. The summed E-state index contributed by atoms with van der Waals surface area (Å²) in [5.74, 6) is 0. The van der Waals surface area contributed by atoms with Gasteiger partial charge in [0.05, 0.1) is 6.04 Å². The van der Waals surface area contributed by atoms with E-state index in [1.54, 1.807) is 0 Å². The van der Waals surface area contributed by atoms with E-state index in [1.807, 2.05) is 0 Å². The van der Waals surface area contributed by atoms with Crippen LogP contribution in [0.4, 0.5) is 0 Å². The van der Waals surface area contributed by atoms with Crippen molar-refractivity contribution in [3.63, 3.8) is 0 Å². The molecule has 4 heteroatoms. The molecular weight excluding hydrogens is 412 g/mol. The maximum atomic E-state index is 9.80. The van der Waals surface area contributed by atoms with E-state index in [0.29, 0.717) is 12.6 Å². The van der Waals surface area contributed by atoms with Crippen LogP contribution in [0.1, 0.15) is 49.0 Å². The first-order chi connectivity index (χ1) is 13.5. The first-order valence-corrected chi connectivity index (χ1v) is 11.1. The van der Waals surface area contributed by atoms with Crippen LogP contribution in [0, 0.1) is 5.41 Å². The molecule has 0 radical (unpaired) electrons. The molecule has 2 bridgehead atoms. The Morgan fingerprint density at radius 1 is 1.11 bits per heavy atom. The molecule has 2 unspecified atom stereocenters. The molecule has 28 heavy (non-hydrogen) atoms. The number of H-pyrrole nitrogens is 1. The second-order valence-corrected chi connectivity index (χ2v) is 10.3. The van der Waals surface area contributed by atoms with Crippen molar-refractivity contribution in [3.8, 4) is 0 Å². The Kier molecular flexibility index (Phi) is 3.52. The molecule has 3 saturated carbocycles. The first kappa shape index (κ1) is 17.3. The maximum absolute atomic E-state index is 9.80. The summed E-state index contributed by atoms with van der Waals surface area (Å²) in [6, 6.07) is 18.3. The number of hydrogen-bond acceptors (Lipinski definition) is 2. The van der Waals surface area contributed by atoms with Crippen LogP contribution in [-0.4, -0.2) is 33.2 Å². The van der Waals surface area contributed by atoms with E-state index in [-0.39, 0.29) is 17.0 Å². The molecule has 1 aliphatic heterocycles. The fourth-order valence-electron chi connectivity index (χ4n) is 6.56. The van der Waals surface area contributed by atoms with Crippen LogP contribution >= 0.6 is 15.9 Å². The van der Waals surface area contributed by atoms with Crippen molar-refractivity contribution in [2.24, 2.45) is 5.41 Å². The Bertz CT molecular complexity index is 1050. The van der Waals surface area contributed by atoms with Crippen molar-refractivity contribution in [2.45, 2.75) is 50.2 Å². The molecule has 2 N–H and O–H groups in total. The normalized spacial score (nSPS) is 34.0. The molecule has 2 atom stereocenters. The van der Waals surface area contributed by atoms with Gasteiger partial charge in [-0.1, -0.05) is 46.3 Å². The number of aromatic amines is 1. The molecular formula is C24H25BrN2O. The van der Waals surface area contributed by atoms with E-state index in [0.717, 1.165) is 30.2 Å². The van der Waals surface area contributed by atoms with Crippen molar-refractivity contribution in [1.29, 1.82) is 0 Å². The maximum Gasteiger partial charge on any atom is 0.0764 e. The third-order valence-electron chi connectivity index (χ3n) is 7.55. The number of rotatable bonds is 3. The highest BCUT2D eigenvalue weighted by atomic mass is 79.9. The van der Waals surface area contributed by atoms with Crippen LogP contribution in [0.3, 0.4) is 0 Å². The smallest absolute Gasteiger partial charge is 0.0764 e. The lowest BCUT2D eigenvalue weighted by molar-refractivity contribution is -0.254. The number of fused-ring (bicyclic) bond motifs is 3. The minimum Gasteiger partial charge on any atom is -0.396 e. The van der Waals surface area contributed by atoms with Gasteiger partial charge in [-0.05, 0) is 67.3 Å². The summed E-state index contributed by atoms with van der Waals surface area (Å²) >= 11 is 3.60. The summed E-state index contributed by atoms with van der Waals surface area (Å²) < 4.78 is 1.12. The van der Waals surface area contributed by atoms with Gasteiger partial charge in [0.15, 0.2) is 0 Å². The van der Waals surface area contributed by atoms with E-state index in [2.05, 4.69) is 81.3 Å². The number of hydrogen-bond donors (Lipinski definition) is 2. The van der Waals surface area contributed by atoms with Crippen LogP contribution < -0.4 is 0 Å². The SMILES string of the molecule is CC1Cc2c([nH]c3ccccc23)C(c2ccc(Br)cc2)N1C12CC(CO)(C1)C2. The molecule has 144 valence electrons. The minimum absolute atomic E-state index is 0.213. The number of halogens is 1. The standard InChI is InChI=1S/C24H25BrN2O/c1-15-10-19-18-4-2-3-5-20(18)26-21(19)22(16-6-8-17(25)9-7-16)27(15)24-11-23(12-24,13-24)14-28/h2-9,15,22,26,28H,10-14H2,1H3. The molecule has 0 spiro atoms. The molecule has 2 heterocycles. The van der Waals surface area contributed by atoms with Crippen molar-refractivity contribution in [3.05, 3.63) is 69.8 Å². The second kappa shape index (κ2) is 5.71. The number of nitrogens with zero attached hydrogens (tertiary/aromatic N) is 1. The summed E-state index contributed by atoms with van der Waals surface area (Å²) in [4.78, 5) is 6.57. The van der Waals surface area contributed by atoms with Crippen LogP contribution in [0.5, 0.6) is 0 Å². The van der Waals surface area contributed by atoms with Crippen molar-refractivity contribution in [1.82, 2.24) is 9.88 Å². The quantitative estimate of drug-likeness (QED) is 0.593. The Balaban J connectivity index is 1.52. The van der Waals surface area contributed by atoms with Gasteiger partial charge in [-0.15, -0.1) is 0 Å². The highest BCUT2D eigenvalue weighted by molar-refractivity contribution is 9.10. The number of aliphatic hydroxyl groups is 1. The molecule has 3 nitrogen and oxygen atoms in total. The Morgan fingerprint density at radius 3 is 2.54 bits per heavy atom.